The van der Waals surface area contributed by atoms with Crippen LogP contribution in [0.25, 0.3) is 6.08 Å². The summed E-state index contributed by atoms with van der Waals surface area (Å²) in [6.45, 7) is 0.600. The molecule has 0 aliphatic carbocycles. The number of hydrogen-bond acceptors (Lipinski definition) is 3. The highest BCUT2D eigenvalue weighted by molar-refractivity contribution is 5.91. The van der Waals surface area contributed by atoms with Gasteiger partial charge in [0, 0.05) is 25.0 Å². The van der Waals surface area contributed by atoms with Gasteiger partial charge in [0.25, 0.3) is 0 Å². The quantitative estimate of drug-likeness (QED) is 0.828. The molecule has 1 N–H and O–H groups in total. The van der Waals surface area contributed by atoms with Gasteiger partial charge in [-0.15, -0.1) is 0 Å². The fraction of sp³-hybridized carbons (Fsp3) is 0.176. The molecule has 1 heterocycles. The molecule has 21 heavy (non-hydrogen) atoms. The molecule has 0 aliphatic heterocycles. The molecule has 1 amide bonds. The van der Waals surface area contributed by atoms with E-state index in [-0.39, 0.29) is 5.91 Å². The van der Waals surface area contributed by atoms with Gasteiger partial charge in [0.05, 0.1) is 7.11 Å². The van der Waals surface area contributed by atoms with Crippen molar-refractivity contribution in [3.63, 3.8) is 0 Å². The summed E-state index contributed by atoms with van der Waals surface area (Å²) in [6.07, 6.45) is 7.46. The topological polar surface area (TPSA) is 51.2 Å². The lowest BCUT2D eigenvalue weighted by atomic mass is 10.1. The average Bonchev–Trinajstić information content (AvgIpc) is 2.54. The van der Waals surface area contributed by atoms with Gasteiger partial charge in [0.2, 0.25) is 5.91 Å². The van der Waals surface area contributed by atoms with Crippen LogP contribution in [-0.4, -0.2) is 24.5 Å². The van der Waals surface area contributed by atoms with Crippen LogP contribution in [0.1, 0.15) is 11.1 Å². The molecule has 0 fully saturated rings. The molecular formula is C17H18N2O2. The summed E-state index contributed by atoms with van der Waals surface area (Å²) in [4.78, 5) is 15.7. The number of methoxy groups -OCH3 is 1. The van der Waals surface area contributed by atoms with E-state index in [9.17, 15) is 4.79 Å². The van der Waals surface area contributed by atoms with Crippen molar-refractivity contribution >= 4 is 12.0 Å². The number of aromatic nitrogens is 1. The van der Waals surface area contributed by atoms with Crippen molar-refractivity contribution in [2.75, 3.05) is 13.7 Å². The Labute approximate surface area is 124 Å². The van der Waals surface area contributed by atoms with Crippen molar-refractivity contribution < 1.29 is 9.53 Å². The van der Waals surface area contributed by atoms with Gasteiger partial charge in [-0.05, 0) is 41.8 Å². The Morgan fingerprint density at radius 2 is 2.10 bits per heavy atom. The fourth-order valence-corrected chi connectivity index (χ4v) is 1.83. The molecule has 1 aromatic heterocycles. The Hall–Kier alpha value is -2.62. The minimum atomic E-state index is -0.104. The third-order valence-electron chi connectivity index (χ3n) is 2.98. The van der Waals surface area contributed by atoms with E-state index in [1.807, 2.05) is 36.4 Å². The highest BCUT2D eigenvalue weighted by Gasteiger charge is 1.97. The van der Waals surface area contributed by atoms with Crippen LogP contribution in [0, 0.1) is 0 Å². The van der Waals surface area contributed by atoms with Gasteiger partial charge in [-0.25, -0.2) is 0 Å². The molecular weight excluding hydrogens is 264 g/mol. The molecule has 1 aromatic carbocycles. The van der Waals surface area contributed by atoms with Crippen LogP contribution in [0.4, 0.5) is 0 Å². The van der Waals surface area contributed by atoms with Crippen molar-refractivity contribution in [1.29, 1.82) is 0 Å². The average molecular weight is 282 g/mol. The Balaban J connectivity index is 1.75. The van der Waals surface area contributed by atoms with E-state index in [0.29, 0.717) is 6.54 Å². The summed E-state index contributed by atoms with van der Waals surface area (Å²) in [5, 5.41) is 2.85. The van der Waals surface area contributed by atoms with E-state index < -0.39 is 0 Å². The van der Waals surface area contributed by atoms with Crippen LogP contribution in [0.2, 0.25) is 0 Å². The maximum atomic E-state index is 11.7. The molecule has 4 nitrogen and oxygen atoms in total. The summed E-state index contributed by atoms with van der Waals surface area (Å²) in [5.41, 5.74) is 2.06. The van der Waals surface area contributed by atoms with Crippen molar-refractivity contribution in [1.82, 2.24) is 10.3 Å². The minimum absolute atomic E-state index is 0.104. The monoisotopic (exact) mass is 282 g/mol. The molecule has 0 unspecified atom stereocenters. The smallest absolute Gasteiger partial charge is 0.244 e. The maximum absolute atomic E-state index is 11.7. The summed E-state index contributed by atoms with van der Waals surface area (Å²) in [7, 11) is 1.64. The standard InChI is InChI=1S/C17H18N2O2/c1-21-16-7-4-14(5-8-16)10-12-19-17(20)9-6-15-3-2-11-18-13-15/h2-9,11,13H,10,12H2,1H3,(H,19,20). The SMILES string of the molecule is COc1ccc(CCNC(=O)C=Cc2cccnc2)cc1. The first kappa shape index (κ1) is 14.8. The van der Waals surface area contributed by atoms with Gasteiger partial charge in [-0.1, -0.05) is 18.2 Å². The number of ether oxygens (including phenoxy) is 1. The number of nitrogens with one attached hydrogen (secondary N) is 1. The summed E-state index contributed by atoms with van der Waals surface area (Å²) in [6, 6.07) is 11.6. The van der Waals surface area contributed by atoms with Crippen LogP contribution < -0.4 is 10.1 Å². The summed E-state index contributed by atoms with van der Waals surface area (Å²) < 4.78 is 5.10. The first-order chi connectivity index (χ1) is 10.3. The van der Waals surface area contributed by atoms with Crippen molar-refractivity contribution in [3.8, 4) is 5.75 Å². The lowest BCUT2D eigenvalue weighted by Crippen LogP contribution is -2.23. The van der Waals surface area contributed by atoms with Crippen LogP contribution in [0.3, 0.4) is 0 Å². The highest BCUT2D eigenvalue weighted by atomic mass is 16.5. The lowest BCUT2D eigenvalue weighted by molar-refractivity contribution is -0.116. The second-order valence-corrected chi connectivity index (χ2v) is 4.51. The minimum Gasteiger partial charge on any atom is -0.497 e. The summed E-state index contributed by atoms with van der Waals surface area (Å²) >= 11 is 0. The highest BCUT2D eigenvalue weighted by Crippen LogP contribution is 2.11. The van der Waals surface area contributed by atoms with E-state index in [4.69, 9.17) is 4.74 Å². The number of pyridine rings is 1. The molecule has 0 radical (unpaired) electrons. The van der Waals surface area contributed by atoms with Gasteiger partial charge in [-0.2, -0.15) is 0 Å². The number of carbonyl (C=O) groups is 1. The molecule has 108 valence electrons. The molecule has 4 heteroatoms. The third kappa shape index (κ3) is 5.10. The number of benzene rings is 1. The fourth-order valence-electron chi connectivity index (χ4n) is 1.83. The predicted molar refractivity (Wildman–Crippen MR) is 83.0 cm³/mol. The second kappa shape index (κ2) is 7.85. The number of hydrogen-bond donors (Lipinski definition) is 1. The molecule has 0 spiro atoms. The van der Waals surface area contributed by atoms with Crippen LogP contribution in [0.5, 0.6) is 5.75 Å². The molecule has 0 saturated heterocycles. The van der Waals surface area contributed by atoms with Gasteiger partial charge < -0.3 is 10.1 Å². The van der Waals surface area contributed by atoms with Gasteiger partial charge in [0.15, 0.2) is 0 Å². The van der Waals surface area contributed by atoms with E-state index >= 15 is 0 Å². The number of rotatable bonds is 6. The third-order valence-corrected chi connectivity index (χ3v) is 2.98. The molecule has 0 bridgehead atoms. The largest absolute Gasteiger partial charge is 0.497 e. The van der Waals surface area contributed by atoms with Crippen LogP contribution in [-0.2, 0) is 11.2 Å². The molecule has 2 rings (SSSR count). The first-order valence-electron chi connectivity index (χ1n) is 6.77. The Morgan fingerprint density at radius 3 is 2.76 bits per heavy atom. The van der Waals surface area contributed by atoms with Crippen molar-refractivity contribution in [3.05, 3.63) is 66.0 Å². The Morgan fingerprint density at radius 1 is 1.29 bits per heavy atom. The normalized spacial score (nSPS) is 10.5. The second-order valence-electron chi connectivity index (χ2n) is 4.51. The van der Waals surface area contributed by atoms with Crippen LogP contribution in [0.15, 0.2) is 54.9 Å². The number of amides is 1. The molecule has 0 aliphatic rings. The number of nitrogens with zero attached hydrogens (tertiary/aromatic N) is 1. The molecule has 2 aromatic rings. The summed E-state index contributed by atoms with van der Waals surface area (Å²) in [5.74, 6) is 0.731. The van der Waals surface area contributed by atoms with Crippen LogP contribution >= 0.6 is 0 Å². The Bertz CT molecular complexity index is 592. The van der Waals surface area contributed by atoms with Gasteiger partial charge in [0.1, 0.15) is 5.75 Å². The Kier molecular flexibility index (Phi) is 5.52. The zero-order valence-corrected chi connectivity index (χ0v) is 12.0. The maximum Gasteiger partial charge on any atom is 0.244 e. The van der Waals surface area contributed by atoms with E-state index in [1.54, 1.807) is 25.6 Å². The van der Waals surface area contributed by atoms with E-state index in [2.05, 4.69) is 10.3 Å². The molecule has 0 atom stereocenters. The zero-order valence-electron chi connectivity index (χ0n) is 12.0. The van der Waals surface area contributed by atoms with E-state index in [1.165, 1.54) is 6.08 Å². The van der Waals surface area contributed by atoms with Crippen molar-refractivity contribution in [2.24, 2.45) is 0 Å². The molecule has 0 saturated carbocycles. The van der Waals surface area contributed by atoms with Gasteiger partial charge in [-0.3, -0.25) is 9.78 Å². The number of carbonyl (C=O) groups excluding carboxylic acids is 1. The lowest BCUT2D eigenvalue weighted by Gasteiger charge is -2.04. The van der Waals surface area contributed by atoms with Gasteiger partial charge >= 0.3 is 0 Å². The van der Waals surface area contributed by atoms with Crippen molar-refractivity contribution in [2.45, 2.75) is 6.42 Å². The first-order valence-corrected chi connectivity index (χ1v) is 6.77. The van der Waals surface area contributed by atoms with E-state index in [0.717, 1.165) is 23.3 Å². The predicted octanol–water partition coefficient (Wildman–Crippen LogP) is 2.46. The zero-order chi connectivity index (χ0) is 14.9.